The van der Waals surface area contributed by atoms with Crippen LogP contribution in [0.3, 0.4) is 0 Å². The lowest BCUT2D eigenvalue weighted by atomic mass is 10.1. The third kappa shape index (κ3) is 2.94. The van der Waals surface area contributed by atoms with E-state index in [0.29, 0.717) is 5.69 Å². The summed E-state index contributed by atoms with van der Waals surface area (Å²) in [6.45, 7) is 1.46. The van der Waals surface area contributed by atoms with E-state index < -0.39 is 15.8 Å². The van der Waals surface area contributed by atoms with Gasteiger partial charge in [0.1, 0.15) is 5.82 Å². The SMILES string of the molecule is Cc1cc(S(=O)(=O)Nc2ccsc2)cc(CN)c1F. The lowest BCUT2D eigenvalue weighted by Crippen LogP contribution is -2.14. The maximum atomic E-state index is 13.7. The fourth-order valence-corrected chi connectivity index (χ4v) is 3.49. The van der Waals surface area contributed by atoms with Gasteiger partial charge in [0.15, 0.2) is 0 Å². The molecule has 102 valence electrons. The summed E-state index contributed by atoms with van der Waals surface area (Å²) in [5, 5.41) is 3.44. The number of thiophene rings is 1. The topological polar surface area (TPSA) is 72.2 Å². The summed E-state index contributed by atoms with van der Waals surface area (Å²) in [7, 11) is -3.72. The Kier molecular flexibility index (Phi) is 3.88. The maximum Gasteiger partial charge on any atom is 0.261 e. The Morgan fingerprint density at radius 3 is 2.74 bits per heavy atom. The molecule has 0 radical (unpaired) electrons. The van der Waals surface area contributed by atoms with Crippen LogP contribution >= 0.6 is 11.3 Å². The third-order valence-corrected chi connectivity index (χ3v) is 4.65. The molecule has 0 saturated carbocycles. The number of aryl methyl sites for hydroxylation is 1. The summed E-state index contributed by atoms with van der Waals surface area (Å²) in [5.74, 6) is -0.461. The minimum Gasteiger partial charge on any atom is -0.326 e. The highest BCUT2D eigenvalue weighted by molar-refractivity contribution is 7.92. The van der Waals surface area contributed by atoms with Gasteiger partial charge >= 0.3 is 0 Å². The van der Waals surface area contributed by atoms with Crippen LogP contribution in [0.25, 0.3) is 0 Å². The van der Waals surface area contributed by atoms with Crippen LogP contribution < -0.4 is 10.5 Å². The minimum atomic E-state index is -3.72. The highest BCUT2D eigenvalue weighted by Crippen LogP contribution is 2.22. The smallest absolute Gasteiger partial charge is 0.261 e. The molecule has 0 saturated heterocycles. The average molecular weight is 300 g/mol. The van der Waals surface area contributed by atoms with Gasteiger partial charge in [0.05, 0.1) is 10.6 Å². The van der Waals surface area contributed by atoms with Gasteiger partial charge in [0.25, 0.3) is 10.0 Å². The van der Waals surface area contributed by atoms with E-state index in [2.05, 4.69) is 4.72 Å². The quantitative estimate of drug-likeness (QED) is 0.911. The maximum absolute atomic E-state index is 13.7. The molecule has 0 spiro atoms. The fourth-order valence-electron chi connectivity index (χ4n) is 1.65. The molecule has 1 aromatic heterocycles. The zero-order valence-corrected chi connectivity index (χ0v) is 11.8. The molecule has 0 atom stereocenters. The molecule has 0 aliphatic carbocycles. The average Bonchev–Trinajstić information content (AvgIpc) is 2.84. The second-order valence-corrected chi connectivity index (χ2v) is 6.50. The van der Waals surface area contributed by atoms with E-state index in [1.54, 1.807) is 16.8 Å². The van der Waals surface area contributed by atoms with Gasteiger partial charge in [-0.1, -0.05) is 0 Å². The Hall–Kier alpha value is -1.44. The summed E-state index contributed by atoms with van der Waals surface area (Å²) < 4.78 is 40.4. The number of hydrogen-bond acceptors (Lipinski definition) is 4. The van der Waals surface area contributed by atoms with Crippen LogP contribution in [-0.2, 0) is 16.6 Å². The van der Waals surface area contributed by atoms with Crippen LogP contribution in [0.5, 0.6) is 0 Å². The molecule has 1 heterocycles. The summed E-state index contributed by atoms with van der Waals surface area (Å²) in [4.78, 5) is 0.0121. The molecule has 1 aromatic carbocycles. The van der Waals surface area contributed by atoms with Crippen molar-refractivity contribution in [3.05, 3.63) is 45.9 Å². The van der Waals surface area contributed by atoms with Crippen LogP contribution in [0.4, 0.5) is 10.1 Å². The van der Waals surface area contributed by atoms with Crippen molar-refractivity contribution in [1.29, 1.82) is 0 Å². The molecular formula is C12H13FN2O2S2. The molecule has 4 nitrogen and oxygen atoms in total. The van der Waals surface area contributed by atoms with E-state index in [1.807, 2.05) is 0 Å². The summed E-state index contributed by atoms with van der Waals surface area (Å²) in [6, 6.07) is 4.21. The Labute approximate surface area is 115 Å². The van der Waals surface area contributed by atoms with Gasteiger partial charge in [-0.15, -0.1) is 0 Å². The van der Waals surface area contributed by atoms with E-state index in [-0.39, 0.29) is 22.6 Å². The molecule has 3 N–H and O–H groups in total. The second kappa shape index (κ2) is 5.28. The number of sulfonamides is 1. The summed E-state index contributed by atoms with van der Waals surface area (Å²) in [5.41, 5.74) is 6.35. The standard InChI is InChI=1S/C12H13FN2O2S2/c1-8-4-11(5-9(6-14)12(8)13)19(16,17)15-10-2-3-18-7-10/h2-5,7,15H,6,14H2,1H3. The molecular weight excluding hydrogens is 287 g/mol. The highest BCUT2D eigenvalue weighted by atomic mass is 32.2. The van der Waals surface area contributed by atoms with Crippen molar-refractivity contribution >= 4 is 27.0 Å². The number of rotatable bonds is 4. The number of nitrogens with two attached hydrogens (primary N) is 1. The molecule has 19 heavy (non-hydrogen) atoms. The molecule has 0 amide bonds. The number of nitrogens with one attached hydrogen (secondary N) is 1. The van der Waals surface area contributed by atoms with Gasteiger partial charge in [-0.2, -0.15) is 11.3 Å². The first-order valence-electron chi connectivity index (χ1n) is 5.48. The van der Waals surface area contributed by atoms with Crippen molar-refractivity contribution < 1.29 is 12.8 Å². The molecule has 2 aromatic rings. The van der Waals surface area contributed by atoms with E-state index in [9.17, 15) is 12.8 Å². The first-order chi connectivity index (χ1) is 8.94. The Balaban J connectivity index is 2.43. The lowest BCUT2D eigenvalue weighted by molar-refractivity contribution is 0.592. The van der Waals surface area contributed by atoms with Gasteiger partial charge < -0.3 is 5.73 Å². The zero-order chi connectivity index (χ0) is 14.0. The largest absolute Gasteiger partial charge is 0.326 e. The van der Waals surface area contributed by atoms with Gasteiger partial charge in [-0.05, 0) is 36.1 Å². The van der Waals surface area contributed by atoms with Crippen molar-refractivity contribution in [2.45, 2.75) is 18.4 Å². The predicted octanol–water partition coefficient (Wildman–Crippen LogP) is 2.46. The van der Waals surface area contributed by atoms with Crippen molar-refractivity contribution in [1.82, 2.24) is 0 Å². The van der Waals surface area contributed by atoms with Crippen LogP contribution in [0.15, 0.2) is 33.9 Å². The summed E-state index contributed by atoms with van der Waals surface area (Å²) >= 11 is 1.38. The van der Waals surface area contributed by atoms with Crippen LogP contribution in [0, 0.1) is 12.7 Å². The minimum absolute atomic E-state index is 0.0121. The molecule has 2 rings (SSSR count). The van der Waals surface area contributed by atoms with Crippen molar-refractivity contribution in [2.24, 2.45) is 5.73 Å². The number of halogens is 1. The van der Waals surface area contributed by atoms with Gasteiger partial charge in [0, 0.05) is 17.5 Å². The fraction of sp³-hybridized carbons (Fsp3) is 0.167. The van der Waals surface area contributed by atoms with Crippen LogP contribution in [0.2, 0.25) is 0 Å². The molecule has 0 unspecified atom stereocenters. The predicted molar refractivity (Wildman–Crippen MR) is 74.2 cm³/mol. The summed E-state index contributed by atoms with van der Waals surface area (Å²) in [6.07, 6.45) is 0. The van der Waals surface area contributed by atoms with E-state index in [4.69, 9.17) is 5.73 Å². The second-order valence-electron chi connectivity index (χ2n) is 4.03. The van der Waals surface area contributed by atoms with Gasteiger partial charge in [0.2, 0.25) is 0 Å². The Morgan fingerprint density at radius 1 is 1.42 bits per heavy atom. The number of anilines is 1. The van der Waals surface area contributed by atoms with Crippen LogP contribution in [-0.4, -0.2) is 8.42 Å². The van der Waals surface area contributed by atoms with Crippen molar-refractivity contribution in [3.8, 4) is 0 Å². The van der Waals surface area contributed by atoms with E-state index in [1.165, 1.54) is 30.4 Å². The number of benzene rings is 1. The molecule has 0 aliphatic rings. The number of hydrogen-bond donors (Lipinski definition) is 2. The lowest BCUT2D eigenvalue weighted by Gasteiger charge is -2.10. The normalized spacial score (nSPS) is 11.5. The Morgan fingerprint density at radius 2 is 2.16 bits per heavy atom. The van der Waals surface area contributed by atoms with Gasteiger partial charge in [-0.3, -0.25) is 4.72 Å². The van der Waals surface area contributed by atoms with Crippen molar-refractivity contribution in [2.75, 3.05) is 4.72 Å². The Bertz CT molecular complexity index is 682. The molecule has 0 fully saturated rings. The third-order valence-electron chi connectivity index (χ3n) is 2.61. The molecule has 0 aliphatic heterocycles. The van der Waals surface area contributed by atoms with E-state index >= 15 is 0 Å². The first kappa shape index (κ1) is 14.0. The van der Waals surface area contributed by atoms with Crippen molar-refractivity contribution in [3.63, 3.8) is 0 Å². The molecule has 7 heteroatoms. The van der Waals surface area contributed by atoms with Crippen LogP contribution in [0.1, 0.15) is 11.1 Å². The highest BCUT2D eigenvalue weighted by Gasteiger charge is 2.18. The van der Waals surface area contributed by atoms with E-state index in [0.717, 1.165) is 0 Å². The molecule has 0 bridgehead atoms. The zero-order valence-electron chi connectivity index (χ0n) is 10.2. The first-order valence-corrected chi connectivity index (χ1v) is 7.91. The van der Waals surface area contributed by atoms with Gasteiger partial charge in [-0.25, -0.2) is 12.8 Å². The monoisotopic (exact) mass is 300 g/mol.